The molecular formula is C20H20FN3O2S2. The number of carbonyl (C=O) groups is 1. The van der Waals surface area contributed by atoms with Crippen LogP contribution in [0.3, 0.4) is 0 Å². The Labute approximate surface area is 167 Å². The molecule has 1 unspecified atom stereocenters. The molecule has 0 N–H and O–H groups in total. The second kappa shape index (κ2) is 7.18. The Morgan fingerprint density at radius 3 is 2.61 bits per heavy atom. The number of fused-ring (bicyclic) bond motifs is 1. The van der Waals surface area contributed by atoms with Crippen LogP contribution in [-0.4, -0.2) is 58.3 Å². The molecule has 0 aliphatic carbocycles. The van der Waals surface area contributed by atoms with Crippen molar-refractivity contribution in [3.8, 4) is 0 Å². The lowest BCUT2D eigenvalue weighted by atomic mass is 10.2. The number of piperazine rings is 1. The molecule has 0 saturated carbocycles. The minimum absolute atomic E-state index is 0.125. The van der Waals surface area contributed by atoms with Crippen molar-refractivity contribution in [3.63, 3.8) is 0 Å². The van der Waals surface area contributed by atoms with Gasteiger partial charge < -0.3 is 9.80 Å². The molecule has 146 valence electrons. The van der Waals surface area contributed by atoms with Gasteiger partial charge in [-0.2, -0.15) is 0 Å². The van der Waals surface area contributed by atoms with E-state index < -0.39 is 9.52 Å². The first kappa shape index (κ1) is 18.9. The van der Waals surface area contributed by atoms with Gasteiger partial charge in [0.2, 0.25) is 0 Å². The lowest BCUT2D eigenvalue weighted by Gasteiger charge is -2.35. The molecule has 1 aromatic heterocycles. The van der Waals surface area contributed by atoms with Crippen LogP contribution in [0.5, 0.6) is 0 Å². The van der Waals surface area contributed by atoms with E-state index >= 15 is 0 Å². The smallest absolute Gasteiger partial charge is 0.255 e. The van der Waals surface area contributed by atoms with E-state index in [-0.39, 0.29) is 11.7 Å². The van der Waals surface area contributed by atoms with Gasteiger partial charge in [-0.1, -0.05) is 23.5 Å². The molecule has 1 aliphatic rings. The van der Waals surface area contributed by atoms with E-state index in [2.05, 4.69) is 15.8 Å². The van der Waals surface area contributed by atoms with E-state index in [4.69, 9.17) is 0 Å². The molecule has 2 heterocycles. The summed E-state index contributed by atoms with van der Waals surface area (Å²) in [4.78, 5) is 21.9. The van der Waals surface area contributed by atoms with Crippen molar-refractivity contribution in [2.75, 3.05) is 37.3 Å². The summed E-state index contributed by atoms with van der Waals surface area (Å²) < 4.78 is 26.6. The second-order valence-corrected chi connectivity index (χ2v) is 10.3. The van der Waals surface area contributed by atoms with Crippen LogP contribution in [0.4, 0.5) is 9.52 Å². The average molecular weight is 418 g/mol. The van der Waals surface area contributed by atoms with E-state index in [1.54, 1.807) is 41.5 Å². The number of nitrogens with zero attached hydrogens (tertiary/aromatic N) is 3. The van der Waals surface area contributed by atoms with Crippen LogP contribution in [0.2, 0.25) is 0 Å². The van der Waals surface area contributed by atoms with Gasteiger partial charge in [0, 0.05) is 37.3 Å². The quantitative estimate of drug-likeness (QED) is 0.615. The Hall–Kier alpha value is -2.45. The SMILES string of the molecule is C=S(C)(=O)c1ccccc1C(=O)N1CCN(c2nc3ccc(F)cc3s2)CC1. The van der Waals surface area contributed by atoms with Crippen LogP contribution in [0, 0.1) is 5.82 Å². The van der Waals surface area contributed by atoms with E-state index in [1.165, 1.54) is 23.5 Å². The number of carbonyl (C=O) groups excluding carboxylic acids is 1. The molecule has 2 aromatic carbocycles. The van der Waals surface area contributed by atoms with Gasteiger partial charge in [0.25, 0.3) is 5.91 Å². The standard InChI is InChI=1S/C20H20FN3O2S2/c1-28(2,26)18-6-4-3-5-15(18)19(25)23-9-11-24(12-10-23)20-22-16-8-7-14(21)13-17(16)27-20/h3-8,13H,1,9-12H2,2H3. The maximum absolute atomic E-state index is 13.4. The van der Waals surface area contributed by atoms with Crippen molar-refractivity contribution in [2.45, 2.75) is 4.90 Å². The zero-order chi connectivity index (χ0) is 19.9. The molecule has 1 fully saturated rings. The lowest BCUT2D eigenvalue weighted by Crippen LogP contribution is -2.49. The first-order valence-electron chi connectivity index (χ1n) is 8.84. The first-order valence-corrected chi connectivity index (χ1v) is 11.8. The Morgan fingerprint density at radius 1 is 1.18 bits per heavy atom. The molecule has 0 bridgehead atoms. The molecule has 8 heteroatoms. The number of hydrogen-bond donors (Lipinski definition) is 0. The van der Waals surface area contributed by atoms with Crippen LogP contribution in [0.15, 0.2) is 47.4 Å². The number of halogens is 1. The maximum Gasteiger partial charge on any atom is 0.255 e. The number of hydrogen-bond acceptors (Lipinski definition) is 5. The molecule has 1 atom stereocenters. The summed E-state index contributed by atoms with van der Waals surface area (Å²) in [5.74, 6) is 3.33. The maximum atomic E-state index is 13.4. The first-order chi connectivity index (χ1) is 13.3. The van der Waals surface area contributed by atoms with Gasteiger partial charge in [0.05, 0.1) is 15.8 Å². The summed E-state index contributed by atoms with van der Waals surface area (Å²) in [5.41, 5.74) is 1.23. The number of aromatic nitrogens is 1. The van der Waals surface area contributed by atoms with Gasteiger partial charge in [-0.05, 0) is 45.7 Å². The number of amides is 1. The third kappa shape index (κ3) is 3.62. The molecular weight excluding hydrogens is 397 g/mol. The van der Waals surface area contributed by atoms with Crippen LogP contribution in [0.1, 0.15) is 10.4 Å². The molecule has 1 saturated heterocycles. The van der Waals surface area contributed by atoms with E-state index in [0.29, 0.717) is 36.6 Å². The van der Waals surface area contributed by atoms with Crippen LogP contribution < -0.4 is 4.90 Å². The average Bonchev–Trinajstić information content (AvgIpc) is 3.10. The topological polar surface area (TPSA) is 53.5 Å². The molecule has 5 nitrogen and oxygen atoms in total. The predicted molar refractivity (Wildman–Crippen MR) is 114 cm³/mol. The summed E-state index contributed by atoms with van der Waals surface area (Å²) in [6.07, 6.45) is 1.55. The minimum Gasteiger partial charge on any atom is -0.345 e. The normalized spacial score (nSPS) is 16.9. The van der Waals surface area contributed by atoms with Gasteiger partial charge in [-0.3, -0.25) is 9.00 Å². The summed E-state index contributed by atoms with van der Waals surface area (Å²) in [6.45, 7) is 2.36. The second-order valence-electron chi connectivity index (χ2n) is 6.89. The summed E-state index contributed by atoms with van der Waals surface area (Å²) in [6, 6.07) is 11.6. The van der Waals surface area contributed by atoms with Gasteiger partial charge in [0.15, 0.2) is 5.13 Å². The molecule has 1 aliphatic heterocycles. The summed E-state index contributed by atoms with van der Waals surface area (Å²) in [7, 11) is -2.49. The highest BCUT2D eigenvalue weighted by molar-refractivity contribution is 7.99. The van der Waals surface area contributed by atoms with Gasteiger partial charge in [-0.25, -0.2) is 9.37 Å². The van der Waals surface area contributed by atoms with Crippen LogP contribution in [0.25, 0.3) is 10.2 Å². The minimum atomic E-state index is -2.49. The highest BCUT2D eigenvalue weighted by atomic mass is 32.2. The molecule has 0 spiro atoms. The highest BCUT2D eigenvalue weighted by Gasteiger charge is 2.26. The van der Waals surface area contributed by atoms with Gasteiger partial charge >= 0.3 is 0 Å². The van der Waals surface area contributed by atoms with Gasteiger partial charge in [-0.15, -0.1) is 0 Å². The third-order valence-corrected chi connectivity index (χ3v) is 7.12. The zero-order valence-electron chi connectivity index (χ0n) is 15.4. The van der Waals surface area contributed by atoms with Crippen molar-refractivity contribution in [1.29, 1.82) is 0 Å². The largest absolute Gasteiger partial charge is 0.345 e. The van der Waals surface area contributed by atoms with E-state index in [0.717, 1.165) is 15.3 Å². The Balaban J connectivity index is 1.50. The lowest BCUT2D eigenvalue weighted by molar-refractivity contribution is 0.0743. The molecule has 1 amide bonds. The van der Waals surface area contributed by atoms with Crippen LogP contribution >= 0.6 is 11.3 Å². The van der Waals surface area contributed by atoms with Crippen LogP contribution in [-0.2, 0) is 9.52 Å². The van der Waals surface area contributed by atoms with Gasteiger partial charge in [0.1, 0.15) is 5.82 Å². The predicted octanol–water partition coefficient (Wildman–Crippen LogP) is 3.10. The van der Waals surface area contributed by atoms with Crippen molar-refractivity contribution < 1.29 is 13.4 Å². The molecule has 0 radical (unpaired) electrons. The highest BCUT2D eigenvalue weighted by Crippen LogP contribution is 2.30. The summed E-state index contributed by atoms with van der Waals surface area (Å²) >= 11 is 1.45. The number of anilines is 1. The third-order valence-electron chi connectivity index (χ3n) is 4.76. The fourth-order valence-electron chi connectivity index (χ4n) is 3.31. The van der Waals surface area contributed by atoms with Crippen molar-refractivity contribution in [1.82, 2.24) is 9.88 Å². The zero-order valence-corrected chi connectivity index (χ0v) is 17.1. The van der Waals surface area contributed by atoms with Crippen molar-refractivity contribution in [2.24, 2.45) is 0 Å². The fraction of sp³-hybridized carbons (Fsp3) is 0.250. The van der Waals surface area contributed by atoms with Crippen molar-refractivity contribution in [3.05, 3.63) is 53.8 Å². The number of rotatable bonds is 3. The number of benzene rings is 2. The summed E-state index contributed by atoms with van der Waals surface area (Å²) in [5, 5.41) is 0.836. The molecule has 3 aromatic rings. The molecule has 4 rings (SSSR count). The Morgan fingerprint density at radius 2 is 1.89 bits per heavy atom. The van der Waals surface area contributed by atoms with Crippen molar-refractivity contribution >= 4 is 48.0 Å². The Kier molecular flexibility index (Phi) is 4.84. The number of thiazole rings is 1. The van der Waals surface area contributed by atoms with E-state index in [1.807, 2.05) is 0 Å². The van der Waals surface area contributed by atoms with E-state index in [9.17, 15) is 13.4 Å². The fourth-order valence-corrected chi connectivity index (χ4v) is 5.34. The Bertz CT molecular complexity index is 1150. The monoisotopic (exact) mass is 417 g/mol. The molecule has 28 heavy (non-hydrogen) atoms.